The number of methoxy groups -OCH3 is 3. The maximum Gasteiger partial charge on any atom is 0.203 e. The minimum Gasteiger partial charge on any atom is -0.493 e. The molecule has 0 amide bonds. The lowest BCUT2D eigenvalue weighted by atomic mass is 10.1. The molecule has 0 saturated heterocycles. The largest absolute Gasteiger partial charge is 0.493 e. The van der Waals surface area contributed by atoms with Crippen molar-refractivity contribution in [3.8, 4) is 17.2 Å². The van der Waals surface area contributed by atoms with Gasteiger partial charge < -0.3 is 24.8 Å². The standard InChI is InChI=1S/C17H29N3O3/c1-7-12(3)20-17(18-8-2)19-11-13-9-10-14(21-4)16(23-6)15(13)22-5/h9-10,12H,7-8,11H2,1-6H3,(H2,18,19,20). The van der Waals surface area contributed by atoms with Gasteiger partial charge in [0.1, 0.15) is 0 Å². The van der Waals surface area contributed by atoms with E-state index >= 15 is 0 Å². The van der Waals surface area contributed by atoms with Crippen molar-refractivity contribution >= 4 is 5.96 Å². The molecule has 0 saturated carbocycles. The van der Waals surface area contributed by atoms with Crippen LogP contribution in [-0.4, -0.2) is 39.9 Å². The van der Waals surface area contributed by atoms with Crippen molar-refractivity contribution in [1.29, 1.82) is 0 Å². The summed E-state index contributed by atoms with van der Waals surface area (Å²) in [6.45, 7) is 7.61. The monoisotopic (exact) mass is 323 g/mol. The molecule has 0 aliphatic carbocycles. The van der Waals surface area contributed by atoms with Gasteiger partial charge in [-0.25, -0.2) is 4.99 Å². The summed E-state index contributed by atoms with van der Waals surface area (Å²) in [6, 6.07) is 4.16. The molecule has 0 radical (unpaired) electrons. The van der Waals surface area contributed by atoms with Crippen LogP contribution in [0.3, 0.4) is 0 Å². The van der Waals surface area contributed by atoms with Crippen LogP contribution in [0.1, 0.15) is 32.8 Å². The van der Waals surface area contributed by atoms with Gasteiger partial charge in [-0.3, -0.25) is 0 Å². The molecular formula is C17H29N3O3. The highest BCUT2D eigenvalue weighted by molar-refractivity contribution is 5.80. The van der Waals surface area contributed by atoms with Gasteiger partial charge in [0.2, 0.25) is 5.75 Å². The van der Waals surface area contributed by atoms with E-state index < -0.39 is 0 Å². The highest BCUT2D eigenvalue weighted by Crippen LogP contribution is 2.39. The summed E-state index contributed by atoms with van der Waals surface area (Å²) in [4.78, 5) is 4.63. The third kappa shape index (κ3) is 5.23. The molecule has 1 atom stereocenters. The Morgan fingerprint density at radius 2 is 1.78 bits per heavy atom. The Kier molecular flexibility index (Phi) is 8.08. The number of nitrogens with zero attached hydrogens (tertiary/aromatic N) is 1. The Morgan fingerprint density at radius 3 is 2.30 bits per heavy atom. The van der Waals surface area contributed by atoms with Crippen LogP contribution >= 0.6 is 0 Å². The molecule has 1 aromatic rings. The molecule has 130 valence electrons. The van der Waals surface area contributed by atoms with Gasteiger partial charge in [0.25, 0.3) is 0 Å². The number of rotatable bonds is 8. The minimum atomic E-state index is 0.361. The molecule has 0 aliphatic heterocycles. The van der Waals surface area contributed by atoms with Crippen LogP contribution in [0.4, 0.5) is 0 Å². The topological polar surface area (TPSA) is 64.1 Å². The van der Waals surface area contributed by atoms with Crippen LogP contribution in [0.15, 0.2) is 17.1 Å². The Bertz CT molecular complexity index is 518. The fraction of sp³-hybridized carbons (Fsp3) is 0.588. The zero-order valence-corrected chi connectivity index (χ0v) is 15.0. The van der Waals surface area contributed by atoms with Crippen molar-refractivity contribution in [2.45, 2.75) is 39.8 Å². The number of guanidine groups is 1. The quantitative estimate of drug-likeness (QED) is 0.569. The molecule has 6 nitrogen and oxygen atoms in total. The Labute approximate surface area is 139 Å². The third-order valence-corrected chi connectivity index (χ3v) is 3.53. The lowest BCUT2D eigenvalue weighted by Crippen LogP contribution is -2.41. The van der Waals surface area contributed by atoms with Crippen LogP contribution in [0.2, 0.25) is 0 Å². The zero-order valence-electron chi connectivity index (χ0n) is 15.0. The van der Waals surface area contributed by atoms with Crippen molar-refractivity contribution < 1.29 is 14.2 Å². The van der Waals surface area contributed by atoms with Crippen LogP contribution in [0, 0.1) is 0 Å². The zero-order chi connectivity index (χ0) is 17.2. The summed E-state index contributed by atoms with van der Waals surface area (Å²) in [5.41, 5.74) is 0.937. The molecule has 6 heteroatoms. The predicted molar refractivity (Wildman–Crippen MR) is 93.8 cm³/mol. The fourth-order valence-corrected chi connectivity index (χ4v) is 2.11. The number of benzene rings is 1. The van der Waals surface area contributed by atoms with Gasteiger partial charge in [-0.05, 0) is 32.4 Å². The summed E-state index contributed by atoms with van der Waals surface area (Å²) in [7, 11) is 4.82. The van der Waals surface area contributed by atoms with Gasteiger partial charge in [0.15, 0.2) is 17.5 Å². The normalized spacial score (nSPS) is 12.5. The number of aliphatic imine (C=N–C) groups is 1. The van der Waals surface area contributed by atoms with Crippen molar-refractivity contribution in [2.24, 2.45) is 4.99 Å². The molecule has 0 aromatic heterocycles. The van der Waals surface area contributed by atoms with E-state index in [-0.39, 0.29) is 0 Å². The van der Waals surface area contributed by atoms with E-state index in [1.807, 2.05) is 19.1 Å². The molecule has 0 heterocycles. The average molecular weight is 323 g/mol. The summed E-state index contributed by atoms with van der Waals surface area (Å²) in [5.74, 6) is 2.66. The van der Waals surface area contributed by atoms with E-state index in [1.54, 1.807) is 21.3 Å². The van der Waals surface area contributed by atoms with Crippen molar-refractivity contribution in [2.75, 3.05) is 27.9 Å². The first-order chi connectivity index (χ1) is 11.1. The number of hydrogen-bond acceptors (Lipinski definition) is 4. The number of nitrogens with one attached hydrogen (secondary N) is 2. The molecule has 1 unspecified atom stereocenters. The molecule has 23 heavy (non-hydrogen) atoms. The minimum absolute atomic E-state index is 0.361. The van der Waals surface area contributed by atoms with Gasteiger partial charge in [-0.1, -0.05) is 6.92 Å². The second-order valence-corrected chi connectivity index (χ2v) is 5.14. The Hall–Kier alpha value is -2.11. The van der Waals surface area contributed by atoms with Crippen LogP contribution in [0.25, 0.3) is 0 Å². The van der Waals surface area contributed by atoms with E-state index in [9.17, 15) is 0 Å². The van der Waals surface area contributed by atoms with Gasteiger partial charge in [0.05, 0.1) is 27.9 Å². The van der Waals surface area contributed by atoms with Crippen LogP contribution < -0.4 is 24.8 Å². The number of hydrogen-bond donors (Lipinski definition) is 2. The molecule has 1 aromatic carbocycles. The second-order valence-electron chi connectivity index (χ2n) is 5.14. The van der Waals surface area contributed by atoms with Gasteiger partial charge in [-0.15, -0.1) is 0 Å². The van der Waals surface area contributed by atoms with E-state index in [4.69, 9.17) is 14.2 Å². The smallest absolute Gasteiger partial charge is 0.203 e. The fourth-order valence-electron chi connectivity index (χ4n) is 2.11. The molecule has 0 fully saturated rings. The van der Waals surface area contributed by atoms with Crippen molar-refractivity contribution in [3.63, 3.8) is 0 Å². The maximum atomic E-state index is 5.49. The Morgan fingerprint density at radius 1 is 1.09 bits per heavy atom. The first kappa shape index (κ1) is 18.9. The summed E-state index contributed by atoms with van der Waals surface area (Å²) < 4.78 is 16.2. The predicted octanol–water partition coefficient (Wildman–Crippen LogP) is 2.57. The maximum absolute atomic E-state index is 5.49. The van der Waals surface area contributed by atoms with Crippen molar-refractivity contribution in [3.05, 3.63) is 17.7 Å². The summed E-state index contributed by atoms with van der Waals surface area (Å²) >= 11 is 0. The molecular weight excluding hydrogens is 294 g/mol. The first-order valence-electron chi connectivity index (χ1n) is 7.93. The van der Waals surface area contributed by atoms with E-state index in [2.05, 4.69) is 29.5 Å². The second kappa shape index (κ2) is 9.82. The molecule has 0 bridgehead atoms. The number of ether oxygens (including phenoxy) is 3. The SMILES string of the molecule is CCNC(=NCc1ccc(OC)c(OC)c1OC)NC(C)CC. The lowest BCUT2D eigenvalue weighted by molar-refractivity contribution is 0.322. The van der Waals surface area contributed by atoms with Gasteiger partial charge in [-0.2, -0.15) is 0 Å². The third-order valence-electron chi connectivity index (χ3n) is 3.53. The van der Waals surface area contributed by atoms with Gasteiger partial charge in [0, 0.05) is 18.2 Å². The van der Waals surface area contributed by atoms with Crippen molar-refractivity contribution in [1.82, 2.24) is 10.6 Å². The summed E-state index contributed by atoms with van der Waals surface area (Å²) in [5, 5.41) is 6.62. The van der Waals surface area contributed by atoms with Gasteiger partial charge >= 0.3 is 0 Å². The molecule has 0 spiro atoms. The summed E-state index contributed by atoms with van der Waals surface area (Å²) in [6.07, 6.45) is 1.03. The molecule has 0 aliphatic rings. The Balaban J connectivity index is 3.03. The van der Waals surface area contributed by atoms with E-state index in [0.717, 1.165) is 24.5 Å². The molecule has 1 rings (SSSR count). The first-order valence-corrected chi connectivity index (χ1v) is 7.93. The molecule has 2 N–H and O–H groups in total. The van der Waals surface area contributed by atoms with E-state index in [1.165, 1.54) is 0 Å². The lowest BCUT2D eigenvalue weighted by Gasteiger charge is -2.17. The van der Waals surface area contributed by atoms with E-state index in [0.29, 0.717) is 29.8 Å². The highest BCUT2D eigenvalue weighted by atomic mass is 16.5. The van der Waals surface area contributed by atoms with Crippen LogP contribution in [0.5, 0.6) is 17.2 Å². The highest BCUT2D eigenvalue weighted by Gasteiger charge is 2.15. The average Bonchev–Trinajstić information content (AvgIpc) is 2.58. The van der Waals surface area contributed by atoms with Crippen LogP contribution in [-0.2, 0) is 6.54 Å².